The van der Waals surface area contributed by atoms with Gasteiger partial charge in [0.2, 0.25) is 11.9 Å². The molecule has 1 heterocycles. The van der Waals surface area contributed by atoms with Crippen LogP contribution in [0.1, 0.15) is 33.1 Å². The summed E-state index contributed by atoms with van der Waals surface area (Å²) >= 11 is 0. The molecule has 0 unspecified atom stereocenters. The Morgan fingerprint density at radius 3 is 2.62 bits per heavy atom. The van der Waals surface area contributed by atoms with Gasteiger partial charge in [-0.1, -0.05) is 6.42 Å². The fourth-order valence-electron chi connectivity index (χ4n) is 1.86. The van der Waals surface area contributed by atoms with Crippen LogP contribution in [0.3, 0.4) is 0 Å². The maximum Gasteiger partial charge on any atom is 0.226 e. The first-order chi connectivity index (χ1) is 7.49. The van der Waals surface area contributed by atoms with Crippen molar-refractivity contribution < 1.29 is 4.84 Å². The molecule has 1 aliphatic carbocycles. The molecule has 2 aliphatic rings. The zero-order valence-corrected chi connectivity index (χ0v) is 9.81. The summed E-state index contributed by atoms with van der Waals surface area (Å²) in [5, 5.41) is 1.54. The number of nitrogens with two attached hydrogens (primary N) is 2. The van der Waals surface area contributed by atoms with Crippen molar-refractivity contribution in [2.75, 3.05) is 6.61 Å². The maximum atomic E-state index is 5.78. The average Bonchev–Trinajstić information content (AvgIpc) is 2.04. The molecule has 6 nitrogen and oxygen atoms in total. The Morgan fingerprint density at radius 1 is 1.44 bits per heavy atom. The molecule has 0 atom stereocenters. The van der Waals surface area contributed by atoms with Crippen LogP contribution in [0.25, 0.3) is 0 Å². The molecule has 0 amide bonds. The highest BCUT2D eigenvalue weighted by Gasteiger charge is 2.34. The van der Waals surface area contributed by atoms with E-state index in [-0.39, 0.29) is 11.9 Å². The summed E-state index contributed by atoms with van der Waals surface area (Å²) in [7, 11) is 0. The van der Waals surface area contributed by atoms with Crippen LogP contribution >= 0.6 is 0 Å². The van der Waals surface area contributed by atoms with Gasteiger partial charge in [0.1, 0.15) is 0 Å². The molecule has 0 saturated heterocycles. The number of hydrogen-bond acceptors (Lipinski definition) is 6. The van der Waals surface area contributed by atoms with Crippen molar-refractivity contribution in [1.82, 2.24) is 5.06 Å². The summed E-state index contributed by atoms with van der Waals surface area (Å²) in [5.74, 6) is 1.12. The van der Waals surface area contributed by atoms with Crippen molar-refractivity contribution in [2.24, 2.45) is 27.4 Å². The van der Waals surface area contributed by atoms with E-state index >= 15 is 0 Å². The van der Waals surface area contributed by atoms with Crippen LogP contribution < -0.4 is 11.5 Å². The number of nitrogens with zero attached hydrogens (tertiary/aromatic N) is 3. The van der Waals surface area contributed by atoms with Crippen molar-refractivity contribution in [2.45, 2.75) is 38.8 Å². The van der Waals surface area contributed by atoms with Gasteiger partial charge in [-0.05, 0) is 32.6 Å². The lowest BCUT2D eigenvalue weighted by molar-refractivity contribution is -0.172. The third-order valence-corrected chi connectivity index (χ3v) is 2.99. The molecule has 0 spiro atoms. The molecule has 0 bridgehead atoms. The smallest absolute Gasteiger partial charge is 0.226 e. The average molecular weight is 225 g/mol. The van der Waals surface area contributed by atoms with Gasteiger partial charge in [-0.25, -0.2) is 4.99 Å². The van der Waals surface area contributed by atoms with Crippen molar-refractivity contribution in [3.8, 4) is 0 Å². The molecule has 1 fully saturated rings. The Kier molecular flexibility index (Phi) is 2.75. The molecule has 4 N–H and O–H groups in total. The molecular formula is C10H19N5O. The van der Waals surface area contributed by atoms with E-state index in [4.69, 9.17) is 16.3 Å². The van der Waals surface area contributed by atoms with Gasteiger partial charge in [-0.15, -0.1) is 0 Å². The summed E-state index contributed by atoms with van der Waals surface area (Å²) in [6.07, 6.45) is 3.76. The second-order valence-corrected chi connectivity index (χ2v) is 4.82. The first-order valence-corrected chi connectivity index (χ1v) is 5.61. The Morgan fingerprint density at radius 2 is 2.12 bits per heavy atom. The van der Waals surface area contributed by atoms with E-state index in [9.17, 15) is 0 Å². The number of rotatable bonds is 3. The van der Waals surface area contributed by atoms with Crippen molar-refractivity contribution >= 4 is 11.9 Å². The molecule has 0 radical (unpaired) electrons. The third kappa shape index (κ3) is 2.11. The molecule has 0 aromatic rings. The topological polar surface area (TPSA) is 89.2 Å². The van der Waals surface area contributed by atoms with Crippen LogP contribution in [0.5, 0.6) is 0 Å². The van der Waals surface area contributed by atoms with E-state index in [1.165, 1.54) is 19.3 Å². The van der Waals surface area contributed by atoms with Crippen LogP contribution in [0, 0.1) is 5.92 Å². The van der Waals surface area contributed by atoms with Gasteiger partial charge >= 0.3 is 0 Å². The monoisotopic (exact) mass is 225 g/mol. The Labute approximate surface area is 95.3 Å². The van der Waals surface area contributed by atoms with Gasteiger partial charge < -0.3 is 11.5 Å². The lowest BCUT2D eigenvalue weighted by atomic mass is 9.86. The summed E-state index contributed by atoms with van der Waals surface area (Å²) in [5.41, 5.74) is 10.8. The van der Waals surface area contributed by atoms with E-state index in [1.807, 2.05) is 13.8 Å². The number of aliphatic imine (C=N–C) groups is 2. The van der Waals surface area contributed by atoms with Gasteiger partial charge in [-0.3, -0.25) is 4.84 Å². The van der Waals surface area contributed by atoms with E-state index in [2.05, 4.69) is 9.98 Å². The standard InChI is InChI=1S/C10H19N5O/c1-10(2)14-8(11)13-9(12)15(10)16-6-7-4-3-5-7/h7H,3-6H2,1-2H3,(H4,11,12,13,14). The molecule has 90 valence electrons. The Hall–Kier alpha value is -1.30. The number of hydrogen-bond donors (Lipinski definition) is 2. The van der Waals surface area contributed by atoms with Gasteiger partial charge in [0.15, 0.2) is 5.66 Å². The van der Waals surface area contributed by atoms with Crippen molar-refractivity contribution in [3.05, 3.63) is 0 Å². The maximum absolute atomic E-state index is 5.78. The highest BCUT2D eigenvalue weighted by molar-refractivity contribution is 5.95. The number of guanidine groups is 2. The third-order valence-electron chi connectivity index (χ3n) is 2.99. The summed E-state index contributed by atoms with van der Waals surface area (Å²) in [4.78, 5) is 13.8. The fourth-order valence-corrected chi connectivity index (χ4v) is 1.86. The van der Waals surface area contributed by atoms with Crippen LogP contribution in [-0.4, -0.2) is 29.3 Å². The van der Waals surface area contributed by atoms with E-state index < -0.39 is 5.66 Å². The van der Waals surface area contributed by atoms with Crippen LogP contribution in [0.4, 0.5) is 0 Å². The van der Waals surface area contributed by atoms with E-state index in [1.54, 1.807) is 5.06 Å². The second kappa shape index (κ2) is 3.93. The minimum atomic E-state index is -0.584. The fraction of sp³-hybridized carbons (Fsp3) is 0.800. The lowest BCUT2D eigenvalue weighted by Crippen LogP contribution is -2.54. The predicted molar refractivity (Wildman–Crippen MR) is 62.5 cm³/mol. The van der Waals surface area contributed by atoms with Gasteiger partial charge in [0.05, 0.1) is 6.61 Å². The molecule has 0 aromatic heterocycles. The predicted octanol–water partition coefficient (Wildman–Crippen LogP) is 0.399. The minimum absolute atomic E-state index is 0.200. The first kappa shape index (κ1) is 11.2. The lowest BCUT2D eigenvalue weighted by Gasteiger charge is -2.38. The summed E-state index contributed by atoms with van der Waals surface area (Å²) in [6.45, 7) is 4.46. The highest BCUT2D eigenvalue weighted by Crippen LogP contribution is 2.28. The molecule has 1 saturated carbocycles. The molecule has 2 rings (SSSR count). The second-order valence-electron chi connectivity index (χ2n) is 4.82. The Balaban J connectivity index is 1.99. The zero-order chi connectivity index (χ0) is 11.8. The summed E-state index contributed by atoms with van der Waals surface area (Å²) < 4.78 is 0. The zero-order valence-electron chi connectivity index (χ0n) is 9.81. The quantitative estimate of drug-likeness (QED) is 0.727. The van der Waals surface area contributed by atoms with Crippen molar-refractivity contribution in [3.63, 3.8) is 0 Å². The summed E-state index contributed by atoms with van der Waals surface area (Å²) in [6, 6.07) is 0. The highest BCUT2D eigenvalue weighted by atomic mass is 16.7. The van der Waals surface area contributed by atoms with Gasteiger partial charge in [0, 0.05) is 0 Å². The normalized spacial score (nSPS) is 24.8. The van der Waals surface area contributed by atoms with E-state index in [0.717, 1.165) is 0 Å². The SMILES string of the molecule is CC1(C)N=C(N)N=C(N)N1OCC1CCC1. The van der Waals surface area contributed by atoms with Gasteiger partial charge in [-0.2, -0.15) is 10.1 Å². The van der Waals surface area contributed by atoms with Crippen LogP contribution in [-0.2, 0) is 4.84 Å². The van der Waals surface area contributed by atoms with E-state index in [0.29, 0.717) is 12.5 Å². The first-order valence-electron chi connectivity index (χ1n) is 5.61. The number of hydroxylamine groups is 2. The van der Waals surface area contributed by atoms with Crippen LogP contribution in [0.15, 0.2) is 9.98 Å². The Bertz CT molecular complexity index is 332. The molecular weight excluding hydrogens is 206 g/mol. The molecule has 0 aromatic carbocycles. The van der Waals surface area contributed by atoms with Gasteiger partial charge in [0.25, 0.3) is 0 Å². The van der Waals surface area contributed by atoms with Crippen LogP contribution in [0.2, 0.25) is 0 Å². The molecule has 6 heteroatoms. The molecule has 16 heavy (non-hydrogen) atoms. The largest absolute Gasteiger partial charge is 0.368 e. The minimum Gasteiger partial charge on any atom is -0.368 e. The van der Waals surface area contributed by atoms with Crippen molar-refractivity contribution in [1.29, 1.82) is 0 Å². The molecule has 1 aliphatic heterocycles.